The molecule has 2 heterocycles. The molecule has 6 nitrogen and oxygen atoms in total. The highest BCUT2D eigenvalue weighted by molar-refractivity contribution is 7.91. The summed E-state index contributed by atoms with van der Waals surface area (Å²) in [5.41, 5.74) is 0. The average Bonchev–Trinajstić information content (AvgIpc) is 2.83. The van der Waals surface area contributed by atoms with Crippen LogP contribution in [0.3, 0.4) is 0 Å². The van der Waals surface area contributed by atoms with Crippen LogP contribution in [0.5, 0.6) is 0 Å². The summed E-state index contributed by atoms with van der Waals surface area (Å²) in [6.07, 6.45) is -5.68. The van der Waals surface area contributed by atoms with E-state index >= 15 is 0 Å². The summed E-state index contributed by atoms with van der Waals surface area (Å²) >= 11 is 0. The molecule has 0 saturated carbocycles. The lowest BCUT2D eigenvalue weighted by molar-refractivity contribution is -0.170. The van der Waals surface area contributed by atoms with Crippen molar-refractivity contribution >= 4 is 15.6 Å². The molecule has 1 fully saturated rings. The zero-order valence-electron chi connectivity index (χ0n) is 9.48. The monoisotopic (exact) mass is 298 g/mol. The Morgan fingerprint density at radius 1 is 1.42 bits per heavy atom. The summed E-state index contributed by atoms with van der Waals surface area (Å²) in [6, 6.07) is 0. The van der Waals surface area contributed by atoms with Crippen molar-refractivity contribution in [2.45, 2.75) is 24.9 Å². The van der Waals surface area contributed by atoms with Crippen molar-refractivity contribution in [1.82, 2.24) is 10.1 Å². The molecule has 0 N–H and O–H groups in total. The molecule has 2 rings (SSSR count). The molecular formula is C9H9F3N2O4S. The second-order valence-corrected chi connectivity index (χ2v) is 6.47. The van der Waals surface area contributed by atoms with Gasteiger partial charge in [-0.15, -0.1) is 0 Å². The van der Waals surface area contributed by atoms with E-state index in [1.807, 2.05) is 0 Å². The number of halogens is 3. The summed E-state index contributed by atoms with van der Waals surface area (Å²) in [5, 5.41) is 3.43. The van der Waals surface area contributed by atoms with Crippen molar-refractivity contribution in [3.05, 3.63) is 11.7 Å². The van der Waals surface area contributed by atoms with Crippen molar-refractivity contribution in [2.75, 3.05) is 11.5 Å². The van der Waals surface area contributed by atoms with Gasteiger partial charge in [0, 0.05) is 5.92 Å². The Morgan fingerprint density at radius 2 is 2.11 bits per heavy atom. The third-order valence-corrected chi connectivity index (χ3v) is 4.48. The Bertz CT molecular complexity index is 593. The van der Waals surface area contributed by atoms with E-state index in [-0.39, 0.29) is 17.3 Å². The Labute approximate surface area is 105 Å². The normalized spacial score (nSPS) is 22.6. The summed E-state index contributed by atoms with van der Waals surface area (Å²) < 4.78 is 63.1. The molecule has 0 aliphatic carbocycles. The van der Waals surface area contributed by atoms with Crippen LogP contribution in [0.1, 0.15) is 24.1 Å². The molecule has 1 aromatic heterocycles. The van der Waals surface area contributed by atoms with Gasteiger partial charge in [-0.3, -0.25) is 4.79 Å². The summed E-state index contributed by atoms with van der Waals surface area (Å²) in [7, 11) is -3.15. The van der Waals surface area contributed by atoms with Crippen molar-refractivity contribution in [3.8, 4) is 0 Å². The van der Waals surface area contributed by atoms with Crippen molar-refractivity contribution < 1.29 is 30.9 Å². The number of hydrogen-bond acceptors (Lipinski definition) is 6. The van der Waals surface area contributed by atoms with E-state index in [1.165, 1.54) is 0 Å². The number of rotatable bonds is 3. The van der Waals surface area contributed by atoms with Crippen LogP contribution in [-0.2, 0) is 21.1 Å². The Kier molecular flexibility index (Phi) is 3.37. The molecule has 106 valence electrons. The van der Waals surface area contributed by atoms with Crippen LogP contribution in [0.25, 0.3) is 0 Å². The Morgan fingerprint density at radius 3 is 2.63 bits per heavy atom. The fourth-order valence-corrected chi connectivity index (χ4v) is 3.48. The van der Waals surface area contributed by atoms with Crippen LogP contribution < -0.4 is 0 Å². The molecule has 1 aliphatic heterocycles. The molecule has 1 aliphatic rings. The molecule has 0 spiro atoms. The second kappa shape index (κ2) is 4.58. The van der Waals surface area contributed by atoms with Gasteiger partial charge in [0.05, 0.1) is 17.9 Å². The highest BCUT2D eigenvalue weighted by Gasteiger charge is 2.39. The van der Waals surface area contributed by atoms with Gasteiger partial charge in [-0.25, -0.2) is 8.42 Å². The van der Waals surface area contributed by atoms with Crippen LogP contribution in [0, 0.1) is 0 Å². The highest BCUT2D eigenvalue weighted by atomic mass is 32.2. The van der Waals surface area contributed by atoms with Crippen molar-refractivity contribution in [2.24, 2.45) is 0 Å². The van der Waals surface area contributed by atoms with Gasteiger partial charge in [0.25, 0.3) is 0 Å². The second-order valence-electron chi connectivity index (χ2n) is 4.24. The van der Waals surface area contributed by atoms with Crippen molar-refractivity contribution in [1.29, 1.82) is 0 Å². The number of carbonyl (C=O) groups is 1. The lowest BCUT2D eigenvalue weighted by Crippen LogP contribution is -2.24. The molecular weight excluding hydrogens is 289 g/mol. The van der Waals surface area contributed by atoms with Gasteiger partial charge in [0.1, 0.15) is 0 Å². The van der Waals surface area contributed by atoms with E-state index in [0.29, 0.717) is 6.42 Å². The third kappa shape index (κ3) is 3.31. The summed E-state index contributed by atoms with van der Waals surface area (Å²) in [6.45, 7) is 0. The van der Waals surface area contributed by atoms with E-state index in [0.717, 1.165) is 0 Å². The molecule has 1 atom stereocenters. The van der Waals surface area contributed by atoms with Gasteiger partial charge >= 0.3 is 6.18 Å². The quantitative estimate of drug-likeness (QED) is 0.813. The molecule has 1 aromatic rings. The zero-order valence-corrected chi connectivity index (χ0v) is 10.3. The molecule has 1 saturated heterocycles. The number of aromatic nitrogens is 2. The van der Waals surface area contributed by atoms with Crippen LogP contribution in [0.15, 0.2) is 4.52 Å². The SMILES string of the molecule is O=C(Cc1nc(C2CCS(=O)(=O)C2)no1)C(F)(F)F. The molecule has 0 amide bonds. The minimum absolute atomic E-state index is 0.0109. The van der Waals surface area contributed by atoms with E-state index in [1.54, 1.807) is 0 Å². The topological polar surface area (TPSA) is 90.1 Å². The first-order valence-corrected chi connectivity index (χ1v) is 7.12. The predicted octanol–water partition coefficient (Wildman–Crippen LogP) is 0.646. The van der Waals surface area contributed by atoms with Gasteiger partial charge < -0.3 is 4.52 Å². The standard InChI is InChI=1S/C9H9F3N2O4S/c10-9(11,12)6(15)3-7-13-8(14-18-7)5-1-2-19(16,17)4-5/h5H,1-4H2. The minimum atomic E-state index is -4.95. The largest absolute Gasteiger partial charge is 0.450 e. The van der Waals surface area contributed by atoms with Gasteiger partial charge in [-0.1, -0.05) is 5.16 Å². The number of ketones is 1. The maximum atomic E-state index is 12.0. The van der Waals surface area contributed by atoms with Crippen LogP contribution >= 0.6 is 0 Å². The van der Waals surface area contributed by atoms with Gasteiger partial charge in [0.2, 0.25) is 11.7 Å². The molecule has 0 aromatic carbocycles. The predicted molar refractivity (Wildman–Crippen MR) is 55.1 cm³/mol. The molecule has 0 bridgehead atoms. The fraction of sp³-hybridized carbons (Fsp3) is 0.667. The lowest BCUT2D eigenvalue weighted by atomic mass is 10.1. The Balaban J connectivity index is 2.06. The van der Waals surface area contributed by atoms with E-state index < -0.39 is 40.0 Å². The average molecular weight is 298 g/mol. The minimum Gasteiger partial charge on any atom is -0.339 e. The molecule has 1 unspecified atom stereocenters. The first-order valence-electron chi connectivity index (χ1n) is 5.30. The molecule has 19 heavy (non-hydrogen) atoms. The highest BCUT2D eigenvalue weighted by Crippen LogP contribution is 2.27. The number of Topliss-reactive ketones (excluding diaryl/α,β-unsaturated/α-hetero) is 1. The molecule has 10 heteroatoms. The zero-order chi connectivity index (χ0) is 14.3. The number of alkyl halides is 3. The van der Waals surface area contributed by atoms with Crippen LogP contribution in [0.2, 0.25) is 0 Å². The maximum Gasteiger partial charge on any atom is 0.450 e. The first-order chi connectivity index (χ1) is 8.67. The number of nitrogens with zero attached hydrogens (tertiary/aromatic N) is 2. The smallest absolute Gasteiger partial charge is 0.339 e. The van der Waals surface area contributed by atoms with Gasteiger partial charge in [-0.2, -0.15) is 18.2 Å². The maximum absolute atomic E-state index is 12.0. The van der Waals surface area contributed by atoms with Crippen LogP contribution in [-0.4, -0.2) is 42.0 Å². The van der Waals surface area contributed by atoms with Gasteiger partial charge in [-0.05, 0) is 6.42 Å². The van der Waals surface area contributed by atoms with Crippen LogP contribution in [0.4, 0.5) is 13.2 Å². The number of sulfone groups is 1. The first kappa shape index (κ1) is 14.0. The lowest BCUT2D eigenvalue weighted by Gasteiger charge is -2.01. The molecule has 0 radical (unpaired) electrons. The number of carbonyl (C=O) groups excluding carboxylic acids is 1. The van der Waals surface area contributed by atoms with E-state index in [9.17, 15) is 26.4 Å². The third-order valence-electron chi connectivity index (χ3n) is 2.71. The Hall–Kier alpha value is -1.45. The fourth-order valence-electron chi connectivity index (χ4n) is 1.74. The van der Waals surface area contributed by atoms with Gasteiger partial charge in [0.15, 0.2) is 15.7 Å². The van der Waals surface area contributed by atoms with E-state index in [4.69, 9.17) is 0 Å². The van der Waals surface area contributed by atoms with Crippen molar-refractivity contribution in [3.63, 3.8) is 0 Å². The number of hydrogen-bond donors (Lipinski definition) is 0. The summed E-state index contributed by atoms with van der Waals surface area (Å²) in [5.74, 6) is -3.06. The van der Waals surface area contributed by atoms with E-state index in [2.05, 4.69) is 14.7 Å². The summed E-state index contributed by atoms with van der Waals surface area (Å²) in [4.78, 5) is 14.4.